The number of likely N-dealkylation sites (N-methyl/N-ethyl adjacent to an activating group) is 1. The molecule has 1 aliphatic heterocycles. The summed E-state index contributed by atoms with van der Waals surface area (Å²) in [6, 6.07) is 9.62. The molecule has 0 unspecified atom stereocenters. The Hall–Kier alpha value is -2.87. The fraction of sp³-hybridized carbons (Fsp3) is 0.476. The van der Waals surface area contributed by atoms with Crippen molar-refractivity contribution in [3.05, 3.63) is 42.2 Å². The van der Waals surface area contributed by atoms with Gasteiger partial charge in [0.2, 0.25) is 5.91 Å². The van der Waals surface area contributed by atoms with E-state index in [4.69, 9.17) is 4.74 Å². The second-order valence-corrected chi connectivity index (χ2v) is 6.96. The average molecular weight is 399 g/mol. The number of hydrogen-bond donors (Lipinski definition) is 0. The number of nitrogens with zero attached hydrogens (tertiary/aromatic N) is 5. The van der Waals surface area contributed by atoms with Crippen LogP contribution in [0.4, 0.5) is 0 Å². The molecule has 1 fully saturated rings. The van der Waals surface area contributed by atoms with Crippen LogP contribution < -0.4 is 4.74 Å². The van der Waals surface area contributed by atoms with Crippen LogP contribution in [-0.2, 0) is 4.79 Å². The predicted octanol–water partition coefficient (Wildman–Crippen LogP) is 1.51. The molecule has 1 aliphatic rings. The Morgan fingerprint density at radius 1 is 1.07 bits per heavy atom. The number of amides is 2. The number of carbonyl (C=O) groups excluding carboxylic acids is 2. The summed E-state index contributed by atoms with van der Waals surface area (Å²) in [5, 5.41) is 4.47. The quantitative estimate of drug-likeness (QED) is 0.706. The molecule has 2 heterocycles. The molecule has 0 atom stereocenters. The van der Waals surface area contributed by atoms with Crippen LogP contribution in [0.3, 0.4) is 0 Å². The zero-order chi connectivity index (χ0) is 20.8. The highest BCUT2D eigenvalue weighted by Gasteiger charge is 2.28. The first-order valence-electron chi connectivity index (χ1n) is 10.1. The van der Waals surface area contributed by atoms with Gasteiger partial charge in [-0.3, -0.25) is 14.5 Å². The van der Waals surface area contributed by atoms with E-state index in [9.17, 15) is 9.59 Å². The number of aromatic nitrogens is 2. The van der Waals surface area contributed by atoms with E-state index in [0.717, 1.165) is 18.8 Å². The molecule has 8 nitrogen and oxygen atoms in total. The van der Waals surface area contributed by atoms with Crippen LogP contribution in [0, 0.1) is 0 Å². The molecule has 2 amide bonds. The Kier molecular flexibility index (Phi) is 6.87. The number of rotatable bonds is 7. The molecule has 0 N–H and O–H groups in total. The maximum absolute atomic E-state index is 13.0. The van der Waals surface area contributed by atoms with Gasteiger partial charge in [0, 0.05) is 39.3 Å². The molecule has 8 heteroatoms. The number of piperazine rings is 1. The Morgan fingerprint density at radius 2 is 1.72 bits per heavy atom. The highest BCUT2D eigenvalue weighted by molar-refractivity contribution is 5.95. The van der Waals surface area contributed by atoms with Crippen LogP contribution in [0.5, 0.6) is 5.75 Å². The van der Waals surface area contributed by atoms with Gasteiger partial charge in [-0.1, -0.05) is 18.2 Å². The van der Waals surface area contributed by atoms with Gasteiger partial charge in [-0.25, -0.2) is 4.68 Å². The van der Waals surface area contributed by atoms with Gasteiger partial charge < -0.3 is 14.5 Å². The van der Waals surface area contributed by atoms with Crippen LogP contribution in [-0.4, -0.2) is 89.2 Å². The molecule has 0 saturated carbocycles. The molecule has 0 spiro atoms. The summed E-state index contributed by atoms with van der Waals surface area (Å²) in [6.07, 6.45) is 1.72. The fourth-order valence-corrected chi connectivity index (χ4v) is 3.50. The topological polar surface area (TPSA) is 70.9 Å². The molecule has 1 saturated heterocycles. The van der Waals surface area contributed by atoms with Gasteiger partial charge in [0.25, 0.3) is 5.91 Å². The summed E-state index contributed by atoms with van der Waals surface area (Å²) >= 11 is 0. The largest absolute Gasteiger partial charge is 0.493 e. The molecule has 2 aromatic rings. The summed E-state index contributed by atoms with van der Waals surface area (Å²) < 4.78 is 7.05. The number of carbonyl (C=O) groups is 2. The van der Waals surface area contributed by atoms with Gasteiger partial charge in [-0.15, -0.1) is 0 Å². The smallest absolute Gasteiger partial charge is 0.278 e. The first kappa shape index (κ1) is 20.9. The first-order valence-corrected chi connectivity index (χ1v) is 10.1. The van der Waals surface area contributed by atoms with Gasteiger partial charge in [0.1, 0.15) is 0 Å². The van der Waals surface area contributed by atoms with Crippen molar-refractivity contribution < 1.29 is 14.3 Å². The lowest BCUT2D eigenvalue weighted by Crippen LogP contribution is -2.51. The average Bonchev–Trinajstić information content (AvgIpc) is 3.20. The van der Waals surface area contributed by atoms with Crippen LogP contribution >= 0.6 is 0 Å². The molecule has 0 bridgehead atoms. The zero-order valence-electron chi connectivity index (χ0n) is 17.4. The molecule has 0 aliphatic carbocycles. The van der Waals surface area contributed by atoms with Crippen molar-refractivity contribution in [2.45, 2.75) is 13.8 Å². The minimum absolute atomic E-state index is 0.137. The van der Waals surface area contributed by atoms with Crippen molar-refractivity contribution in [3.63, 3.8) is 0 Å². The van der Waals surface area contributed by atoms with Crippen LogP contribution in [0.1, 0.15) is 24.3 Å². The third kappa shape index (κ3) is 4.76. The van der Waals surface area contributed by atoms with Crippen molar-refractivity contribution in [3.8, 4) is 11.4 Å². The van der Waals surface area contributed by atoms with Crippen LogP contribution in [0.2, 0.25) is 0 Å². The molecular formula is C21H29N5O3. The van der Waals surface area contributed by atoms with Crippen molar-refractivity contribution in [2.75, 3.05) is 52.9 Å². The highest BCUT2D eigenvalue weighted by Crippen LogP contribution is 2.21. The summed E-state index contributed by atoms with van der Waals surface area (Å²) in [4.78, 5) is 31.0. The van der Waals surface area contributed by atoms with Gasteiger partial charge >= 0.3 is 0 Å². The number of para-hydroxylation sites is 1. The maximum atomic E-state index is 13.0. The van der Waals surface area contributed by atoms with E-state index in [1.54, 1.807) is 22.9 Å². The Morgan fingerprint density at radius 3 is 2.31 bits per heavy atom. The monoisotopic (exact) mass is 399 g/mol. The fourth-order valence-electron chi connectivity index (χ4n) is 3.50. The standard InChI is InChI=1S/C21H29N5O3/c1-4-24(5-2)19(27)16-23-11-13-25(14-12-23)21(28)20-18(29-3)15-26(22-20)17-9-7-6-8-10-17/h6-10,15H,4-5,11-14,16H2,1-3H3. The van der Waals surface area contributed by atoms with E-state index in [1.165, 1.54) is 0 Å². The summed E-state index contributed by atoms with van der Waals surface area (Å²) in [6.45, 7) is 8.27. The van der Waals surface area contributed by atoms with Gasteiger partial charge in [0.15, 0.2) is 11.4 Å². The third-order valence-electron chi connectivity index (χ3n) is 5.26. The molecule has 3 rings (SSSR count). The summed E-state index contributed by atoms with van der Waals surface area (Å²) in [5.41, 5.74) is 1.17. The van der Waals surface area contributed by atoms with E-state index in [0.29, 0.717) is 44.2 Å². The first-order chi connectivity index (χ1) is 14.1. The van der Waals surface area contributed by atoms with Crippen LogP contribution in [0.15, 0.2) is 36.5 Å². The van der Waals surface area contributed by atoms with Crippen molar-refractivity contribution in [1.29, 1.82) is 0 Å². The van der Waals surface area contributed by atoms with Gasteiger partial charge in [-0.2, -0.15) is 5.10 Å². The van der Waals surface area contributed by atoms with E-state index < -0.39 is 0 Å². The molecule has 156 valence electrons. The number of hydrogen-bond acceptors (Lipinski definition) is 5. The highest BCUT2D eigenvalue weighted by atomic mass is 16.5. The normalized spacial score (nSPS) is 14.7. The summed E-state index contributed by atoms with van der Waals surface area (Å²) in [5.74, 6) is 0.447. The number of benzene rings is 1. The summed E-state index contributed by atoms with van der Waals surface area (Å²) in [7, 11) is 1.54. The second kappa shape index (κ2) is 9.56. The van der Waals surface area contributed by atoms with Gasteiger partial charge in [0.05, 0.1) is 25.5 Å². The minimum Gasteiger partial charge on any atom is -0.493 e. The number of ether oxygens (including phenoxy) is 1. The van der Waals surface area contributed by atoms with E-state index in [-0.39, 0.29) is 11.8 Å². The zero-order valence-corrected chi connectivity index (χ0v) is 17.4. The molecule has 0 radical (unpaired) electrons. The van der Waals surface area contributed by atoms with Crippen molar-refractivity contribution in [2.24, 2.45) is 0 Å². The predicted molar refractivity (Wildman–Crippen MR) is 110 cm³/mol. The Labute approximate surface area is 171 Å². The Balaban J connectivity index is 1.64. The van der Waals surface area contributed by atoms with E-state index in [1.807, 2.05) is 49.1 Å². The SMILES string of the molecule is CCN(CC)C(=O)CN1CCN(C(=O)c2nn(-c3ccccc3)cc2OC)CC1. The molecule has 1 aromatic carbocycles. The third-order valence-corrected chi connectivity index (χ3v) is 5.26. The molecule has 29 heavy (non-hydrogen) atoms. The maximum Gasteiger partial charge on any atom is 0.278 e. The van der Waals surface area contributed by atoms with Crippen molar-refractivity contribution in [1.82, 2.24) is 24.5 Å². The lowest BCUT2D eigenvalue weighted by molar-refractivity contribution is -0.132. The lowest BCUT2D eigenvalue weighted by Gasteiger charge is -2.35. The minimum atomic E-state index is -0.147. The van der Waals surface area contributed by atoms with Crippen LogP contribution in [0.25, 0.3) is 5.69 Å². The van der Waals surface area contributed by atoms with E-state index >= 15 is 0 Å². The molecule has 1 aromatic heterocycles. The van der Waals surface area contributed by atoms with E-state index in [2.05, 4.69) is 10.00 Å². The molecular weight excluding hydrogens is 370 g/mol. The number of methoxy groups -OCH3 is 1. The Bertz CT molecular complexity index is 824. The van der Waals surface area contributed by atoms with Gasteiger partial charge in [-0.05, 0) is 26.0 Å². The second-order valence-electron chi connectivity index (χ2n) is 6.96. The lowest BCUT2D eigenvalue weighted by atomic mass is 10.2. The van der Waals surface area contributed by atoms with Crippen molar-refractivity contribution >= 4 is 11.8 Å².